The molecule has 0 aromatic carbocycles. The minimum atomic E-state index is -0.692. The van der Waals surface area contributed by atoms with Gasteiger partial charge in [0.05, 0.1) is 11.7 Å². The molecule has 1 aliphatic heterocycles. The summed E-state index contributed by atoms with van der Waals surface area (Å²) in [5.41, 5.74) is -0.692. The van der Waals surface area contributed by atoms with E-state index in [-0.39, 0.29) is 6.03 Å². The van der Waals surface area contributed by atoms with Crippen molar-refractivity contribution in [3.8, 4) is 0 Å². The standard InChI is InChI=1S/C15H28N2O3/c18-14(16-10-7-13-6-2-5-11-20-13)17-12-15(19)8-3-1-4-9-15/h13,19H,1-12H2,(H2,16,17,18). The van der Waals surface area contributed by atoms with Crippen molar-refractivity contribution in [2.75, 3.05) is 19.7 Å². The second-order valence-corrected chi connectivity index (χ2v) is 6.17. The zero-order chi connectivity index (χ0) is 14.3. The van der Waals surface area contributed by atoms with Gasteiger partial charge in [0.25, 0.3) is 0 Å². The molecule has 2 rings (SSSR count). The Morgan fingerprint density at radius 1 is 1.15 bits per heavy atom. The lowest BCUT2D eigenvalue weighted by Gasteiger charge is -2.32. The summed E-state index contributed by atoms with van der Waals surface area (Å²) in [5.74, 6) is 0. The number of aliphatic hydroxyl groups is 1. The third kappa shape index (κ3) is 5.29. The number of amides is 2. The van der Waals surface area contributed by atoms with Crippen LogP contribution in [0.3, 0.4) is 0 Å². The van der Waals surface area contributed by atoms with Gasteiger partial charge in [-0.1, -0.05) is 19.3 Å². The second-order valence-electron chi connectivity index (χ2n) is 6.17. The van der Waals surface area contributed by atoms with Crippen LogP contribution in [-0.2, 0) is 4.74 Å². The molecular weight excluding hydrogens is 256 g/mol. The number of ether oxygens (including phenoxy) is 1. The first-order valence-corrected chi connectivity index (χ1v) is 8.04. The van der Waals surface area contributed by atoms with Crippen molar-refractivity contribution in [1.29, 1.82) is 0 Å². The molecule has 1 unspecified atom stereocenters. The third-order valence-electron chi connectivity index (χ3n) is 4.39. The largest absolute Gasteiger partial charge is 0.388 e. The highest BCUT2D eigenvalue weighted by Gasteiger charge is 2.29. The molecule has 0 radical (unpaired) electrons. The maximum absolute atomic E-state index is 11.7. The van der Waals surface area contributed by atoms with Gasteiger partial charge >= 0.3 is 6.03 Å². The highest BCUT2D eigenvalue weighted by atomic mass is 16.5. The van der Waals surface area contributed by atoms with Gasteiger partial charge in [0.1, 0.15) is 0 Å². The second kappa shape index (κ2) is 7.84. The Hall–Kier alpha value is -0.810. The van der Waals surface area contributed by atoms with E-state index in [0.29, 0.717) is 19.2 Å². The average Bonchev–Trinajstić information content (AvgIpc) is 2.47. The summed E-state index contributed by atoms with van der Waals surface area (Å²) < 4.78 is 5.62. The van der Waals surface area contributed by atoms with Gasteiger partial charge in [-0.3, -0.25) is 0 Å². The minimum Gasteiger partial charge on any atom is -0.388 e. The van der Waals surface area contributed by atoms with Crippen LogP contribution in [0.25, 0.3) is 0 Å². The fourth-order valence-corrected chi connectivity index (χ4v) is 3.08. The van der Waals surface area contributed by atoms with Gasteiger partial charge in [0.2, 0.25) is 0 Å². The Bertz CT molecular complexity index is 297. The van der Waals surface area contributed by atoms with Crippen molar-refractivity contribution in [3.63, 3.8) is 0 Å². The first-order valence-electron chi connectivity index (χ1n) is 8.04. The van der Waals surface area contributed by atoms with Crippen molar-refractivity contribution in [2.24, 2.45) is 0 Å². The van der Waals surface area contributed by atoms with E-state index in [4.69, 9.17) is 4.74 Å². The van der Waals surface area contributed by atoms with Crippen molar-refractivity contribution in [1.82, 2.24) is 10.6 Å². The van der Waals surface area contributed by atoms with E-state index in [1.54, 1.807) is 0 Å². The molecule has 0 aromatic heterocycles. The maximum Gasteiger partial charge on any atom is 0.314 e. The summed E-state index contributed by atoms with van der Waals surface area (Å²) in [6, 6.07) is -0.181. The molecule has 20 heavy (non-hydrogen) atoms. The van der Waals surface area contributed by atoms with Crippen molar-refractivity contribution >= 4 is 6.03 Å². The van der Waals surface area contributed by atoms with Crippen LogP contribution in [0.4, 0.5) is 4.79 Å². The van der Waals surface area contributed by atoms with Crippen LogP contribution in [0.15, 0.2) is 0 Å². The van der Waals surface area contributed by atoms with Gasteiger partial charge in [-0.05, 0) is 38.5 Å². The number of hydrogen-bond donors (Lipinski definition) is 3. The van der Waals surface area contributed by atoms with Crippen molar-refractivity contribution in [3.05, 3.63) is 0 Å². The zero-order valence-electron chi connectivity index (χ0n) is 12.3. The van der Waals surface area contributed by atoms with Crippen LogP contribution in [-0.4, -0.2) is 42.5 Å². The summed E-state index contributed by atoms with van der Waals surface area (Å²) in [5, 5.41) is 15.9. The van der Waals surface area contributed by atoms with Crippen LogP contribution < -0.4 is 10.6 Å². The Labute approximate surface area is 121 Å². The van der Waals surface area contributed by atoms with E-state index in [0.717, 1.165) is 51.6 Å². The SMILES string of the molecule is O=C(NCCC1CCCCO1)NCC1(O)CCCCC1. The summed E-state index contributed by atoms with van der Waals surface area (Å²) in [7, 11) is 0. The van der Waals surface area contributed by atoms with Gasteiger partial charge in [0.15, 0.2) is 0 Å². The van der Waals surface area contributed by atoms with E-state index in [2.05, 4.69) is 10.6 Å². The molecule has 3 N–H and O–H groups in total. The minimum absolute atomic E-state index is 0.181. The zero-order valence-corrected chi connectivity index (χ0v) is 12.3. The Morgan fingerprint density at radius 2 is 1.95 bits per heavy atom. The number of hydrogen-bond acceptors (Lipinski definition) is 3. The molecule has 1 saturated heterocycles. The van der Waals surface area contributed by atoms with E-state index in [1.165, 1.54) is 12.8 Å². The molecule has 2 fully saturated rings. The predicted molar refractivity (Wildman–Crippen MR) is 77.6 cm³/mol. The summed E-state index contributed by atoms with van der Waals surface area (Å²) >= 11 is 0. The topological polar surface area (TPSA) is 70.6 Å². The van der Waals surface area contributed by atoms with Crippen molar-refractivity contribution < 1.29 is 14.6 Å². The van der Waals surface area contributed by atoms with Gasteiger partial charge in [0, 0.05) is 19.7 Å². The smallest absolute Gasteiger partial charge is 0.314 e. The first kappa shape index (κ1) is 15.6. The molecule has 1 aliphatic carbocycles. The number of urea groups is 1. The van der Waals surface area contributed by atoms with E-state index < -0.39 is 5.60 Å². The molecule has 5 nitrogen and oxygen atoms in total. The molecule has 2 aliphatic rings. The maximum atomic E-state index is 11.7. The van der Waals surface area contributed by atoms with Crippen LogP contribution in [0.2, 0.25) is 0 Å². The van der Waals surface area contributed by atoms with Gasteiger partial charge in [-0.25, -0.2) is 4.79 Å². The number of nitrogens with one attached hydrogen (secondary N) is 2. The Morgan fingerprint density at radius 3 is 2.65 bits per heavy atom. The van der Waals surface area contributed by atoms with Crippen LogP contribution in [0.1, 0.15) is 57.8 Å². The van der Waals surface area contributed by atoms with E-state index in [9.17, 15) is 9.90 Å². The lowest BCUT2D eigenvalue weighted by molar-refractivity contribution is 0.00651. The molecule has 0 bridgehead atoms. The lowest BCUT2D eigenvalue weighted by atomic mass is 9.85. The van der Waals surface area contributed by atoms with Gasteiger partial charge in [-0.2, -0.15) is 0 Å². The summed E-state index contributed by atoms with van der Waals surface area (Å²) in [6.07, 6.45) is 9.54. The van der Waals surface area contributed by atoms with Crippen LogP contribution in [0.5, 0.6) is 0 Å². The van der Waals surface area contributed by atoms with Gasteiger partial charge < -0.3 is 20.5 Å². The molecule has 0 spiro atoms. The third-order valence-corrected chi connectivity index (χ3v) is 4.39. The molecule has 1 atom stereocenters. The number of carbonyl (C=O) groups excluding carboxylic acids is 1. The van der Waals surface area contributed by atoms with Crippen LogP contribution in [0, 0.1) is 0 Å². The highest BCUT2D eigenvalue weighted by molar-refractivity contribution is 5.73. The summed E-state index contributed by atoms with van der Waals surface area (Å²) in [6.45, 7) is 1.84. The number of rotatable bonds is 5. The quantitative estimate of drug-likeness (QED) is 0.722. The molecular formula is C15H28N2O3. The van der Waals surface area contributed by atoms with E-state index in [1.807, 2.05) is 0 Å². The predicted octanol–water partition coefficient (Wildman–Crippen LogP) is 1.94. The van der Waals surface area contributed by atoms with Crippen LogP contribution >= 0.6 is 0 Å². The molecule has 5 heteroatoms. The molecule has 2 amide bonds. The van der Waals surface area contributed by atoms with Gasteiger partial charge in [-0.15, -0.1) is 0 Å². The molecule has 0 aromatic rings. The number of carbonyl (C=O) groups is 1. The highest BCUT2D eigenvalue weighted by Crippen LogP contribution is 2.27. The molecule has 1 saturated carbocycles. The molecule has 1 heterocycles. The Kier molecular flexibility index (Phi) is 6.10. The molecule has 116 valence electrons. The van der Waals surface area contributed by atoms with E-state index >= 15 is 0 Å². The first-order chi connectivity index (χ1) is 9.68. The fourth-order valence-electron chi connectivity index (χ4n) is 3.08. The average molecular weight is 284 g/mol. The monoisotopic (exact) mass is 284 g/mol. The van der Waals surface area contributed by atoms with Crippen molar-refractivity contribution in [2.45, 2.75) is 69.5 Å². The lowest BCUT2D eigenvalue weighted by Crippen LogP contribution is -2.47. The summed E-state index contributed by atoms with van der Waals surface area (Å²) in [4.78, 5) is 11.7. The normalized spacial score (nSPS) is 25.9. The Balaban J connectivity index is 1.55. The fraction of sp³-hybridized carbons (Fsp3) is 0.933.